The van der Waals surface area contributed by atoms with Crippen molar-refractivity contribution in [1.29, 1.82) is 0 Å². The SMILES string of the molecule is CN(C)[C@H]1CC[C@H](N(C)c2[c]cnc3ccc(-c4cc(F)c(O)c(Cl)c4)cc23)CC1. The summed E-state index contributed by atoms with van der Waals surface area (Å²) in [7, 11) is 6.42. The Labute approximate surface area is 181 Å². The van der Waals surface area contributed by atoms with Crippen molar-refractivity contribution in [3.8, 4) is 16.9 Å². The third kappa shape index (κ3) is 3.96. The minimum atomic E-state index is -0.731. The number of aromatic hydroxyl groups is 1. The number of hydrogen-bond acceptors (Lipinski definition) is 4. The van der Waals surface area contributed by atoms with Gasteiger partial charge in [0, 0.05) is 36.8 Å². The van der Waals surface area contributed by atoms with Crippen molar-refractivity contribution in [3.05, 3.63) is 53.4 Å². The molecule has 0 bridgehead atoms. The molecular weight excluding hydrogens is 401 g/mol. The maximum Gasteiger partial charge on any atom is 0.170 e. The first-order valence-electron chi connectivity index (χ1n) is 10.2. The molecule has 0 saturated heterocycles. The topological polar surface area (TPSA) is 39.6 Å². The van der Waals surface area contributed by atoms with E-state index in [1.54, 1.807) is 12.3 Å². The lowest BCUT2D eigenvalue weighted by atomic mass is 9.89. The number of fused-ring (bicyclic) bond motifs is 1. The molecule has 2 aromatic carbocycles. The third-order valence-electron chi connectivity index (χ3n) is 6.30. The van der Waals surface area contributed by atoms with Crippen molar-refractivity contribution < 1.29 is 9.50 Å². The molecule has 1 radical (unpaired) electrons. The second kappa shape index (κ2) is 8.40. The van der Waals surface area contributed by atoms with Crippen molar-refractivity contribution in [2.75, 3.05) is 26.0 Å². The van der Waals surface area contributed by atoms with Crippen LogP contribution < -0.4 is 4.90 Å². The van der Waals surface area contributed by atoms with E-state index in [1.165, 1.54) is 18.9 Å². The van der Waals surface area contributed by atoms with E-state index in [0.29, 0.717) is 17.6 Å². The largest absolute Gasteiger partial charge is 0.504 e. The highest BCUT2D eigenvalue weighted by atomic mass is 35.5. The molecule has 1 aliphatic rings. The van der Waals surface area contributed by atoms with E-state index >= 15 is 0 Å². The summed E-state index contributed by atoms with van der Waals surface area (Å²) in [5.41, 5.74) is 3.30. The van der Waals surface area contributed by atoms with Gasteiger partial charge in [0.15, 0.2) is 11.6 Å². The Bertz CT molecular complexity index is 1040. The Kier molecular flexibility index (Phi) is 5.85. The molecule has 3 aromatic rings. The van der Waals surface area contributed by atoms with Gasteiger partial charge in [-0.05, 0) is 75.2 Å². The highest BCUT2D eigenvalue weighted by Gasteiger charge is 2.26. The normalized spacial score (nSPS) is 19.4. The van der Waals surface area contributed by atoms with E-state index in [9.17, 15) is 9.50 Å². The Hall–Kier alpha value is -2.37. The predicted molar refractivity (Wildman–Crippen MR) is 121 cm³/mol. The first kappa shape index (κ1) is 20.9. The molecule has 1 N–H and O–H groups in total. The van der Waals surface area contributed by atoms with Gasteiger partial charge in [-0.2, -0.15) is 0 Å². The van der Waals surface area contributed by atoms with Crippen LogP contribution in [0.3, 0.4) is 0 Å². The summed E-state index contributed by atoms with van der Waals surface area (Å²) in [6.45, 7) is 0. The maximum absolute atomic E-state index is 14.0. The van der Waals surface area contributed by atoms with Crippen LogP contribution in [0.15, 0.2) is 36.5 Å². The summed E-state index contributed by atoms with van der Waals surface area (Å²) < 4.78 is 14.0. The van der Waals surface area contributed by atoms with Gasteiger partial charge in [-0.1, -0.05) is 17.7 Å². The number of phenols is 1. The average Bonchev–Trinajstić information content (AvgIpc) is 2.76. The van der Waals surface area contributed by atoms with E-state index in [-0.39, 0.29) is 5.02 Å². The zero-order valence-electron chi connectivity index (χ0n) is 17.5. The quantitative estimate of drug-likeness (QED) is 0.597. The minimum absolute atomic E-state index is 0.00200. The monoisotopic (exact) mass is 426 g/mol. The summed E-state index contributed by atoms with van der Waals surface area (Å²) in [6, 6.07) is 13.1. The van der Waals surface area contributed by atoms with Crippen molar-refractivity contribution in [2.24, 2.45) is 0 Å². The molecule has 0 atom stereocenters. The molecule has 1 aliphatic carbocycles. The standard InChI is InChI=1S/C24H26ClFN3O/c1-28(2)17-5-7-18(8-6-17)29(3)23-10-11-27-22-9-4-15(12-19(22)23)16-13-20(25)24(30)21(26)14-16/h4,9,11-14,17-18,30H,5-8H2,1-3H3/t17-,18-. The van der Waals surface area contributed by atoms with Gasteiger partial charge >= 0.3 is 0 Å². The van der Waals surface area contributed by atoms with E-state index < -0.39 is 11.6 Å². The van der Waals surface area contributed by atoms with Crippen LogP contribution in [0.4, 0.5) is 10.1 Å². The van der Waals surface area contributed by atoms with Gasteiger partial charge in [-0.25, -0.2) is 4.39 Å². The van der Waals surface area contributed by atoms with E-state index in [0.717, 1.165) is 35.0 Å². The summed E-state index contributed by atoms with van der Waals surface area (Å²) in [6.07, 6.45) is 6.35. The summed E-state index contributed by atoms with van der Waals surface area (Å²) in [4.78, 5) is 9.09. The molecule has 0 amide bonds. The number of aromatic nitrogens is 1. The molecule has 1 aromatic heterocycles. The van der Waals surface area contributed by atoms with Gasteiger partial charge < -0.3 is 14.9 Å². The minimum Gasteiger partial charge on any atom is -0.504 e. The lowest BCUT2D eigenvalue weighted by Crippen LogP contribution is -2.40. The fraction of sp³-hybridized carbons (Fsp3) is 0.375. The summed E-state index contributed by atoms with van der Waals surface area (Å²) in [5, 5.41) is 10.6. The van der Waals surface area contributed by atoms with Crippen LogP contribution in [0.2, 0.25) is 5.02 Å². The van der Waals surface area contributed by atoms with Crippen molar-refractivity contribution in [2.45, 2.75) is 37.8 Å². The Morgan fingerprint density at radius 1 is 1.03 bits per heavy atom. The lowest BCUT2D eigenvalue weighted by Gasteiger charge is -2.38. The van der Waals surface area contributed by atoms with Crippen LogP contribution in [0, 0.1) is 11.9 Å². The van der Waals surface area contributed by atoms with Gasteiger partial charge in [0.25, 0.3) is 0 Å². The molecule has 1 heterocycles. The number of pyridine rings is 1. The Balaban J connectivity index is 1.69. The van der Waals surface area contributed by atoms with Gasteiger partial charge in [-0.15, -0.1) is 0 Å². The van der Waals surface area contributed by atoms with Crippen LogP contribution in [-0.4, -0.2) is 48.2 Å². The molecule has 4 rings (SSSR count). The highest BCUT2D eigenvalue weighted by Crippen LogP contribution is 2.36. The first-order valence-corrected chi connectivity index (χ1v) is 10.6. The lowest BCUT2D eigenvalue weighted by molar-refractivity contribution is 0.215. The smallest absolute Gasteiger partial charge is 0.170 e. The van der Waals surface area contributed by atoms with Crippen LogP contribution in [-0.2, 0) is 0 Å². The Morgan fingerprint density at radius 2 is 1.73 bits per heavy atom. The van der Waals surface area contributed by atoms with Crippen LogP contribution >= 0.6 is 11.6 Å². The van der Waals surface area contributed by atoms with Crippen LogP contribution in [0.1, 0.15) is 25.7 Å². The van der Waals surface area contributed by atoms with Crippen molar-refractivity contribution >= 4 is 28.2 Å². The van der Waals surface area contributed by atoms with Gasteiger partial charge in [-0.3, -0.25) is 4.98 Å². The van der Waals surface area contributed by atoms with E-state index in [2.05, 4.69) is 42.0 Å². The van der Waals surface area contributed by atoms with E-state index in [4.69, 9.17) is 11.6 Å². The number of benzene rings is 2. The summed E-state index contributed by atoms with van der Waals surface area (Å²) >= 11 is 5.98. The molecule has 1 saturated carbocycles. The number of nitrogens with zero attached hydrogens (tertiary/aromatic N) is 3. The predicted octanol–water partition coefficient (Wildman–Crippen LogP) is 5.51. The van der Waals surface area contributed by atoms with Gasteiger partial charge in [0.1, 0.15) is 0 Å². The first-order chi connectivity index (χ1) is 14.3. The molecule has 0 spiro atoms. The Morgan fingerprint density at radius 3 is 2.40 bits per heavy atom. The van der Waals surface area contributed by atoms with Gasteiger partial charge in [0.2, 0.25) is 0 Å². The number of halogens is 2. The van der Waals surface area contributed by atoms with Crippen molar-refractivity contribution in [1.82, 2.24) is 9.88 Å². The molecule has 0 unspecified atom stereocenters. The number of anilines is 1. The third-order valence-corrected chi connectivity index (χ3v) is 6.59. The molecule has 6 heteroatoms. The fourth-order valence-electron chi connectivity index (χ4n) is 4.43. The highest BCUT2D eigenvalue weighted by molar-refractivity contribution is 6.32. The van der Waals surface area contributed by atoms with Crippen LogP contribution in [0.5, 0.6) is 5.75 Å². The van der Waals surface area contributed by atoms with E-state index in [1.807, 2.05) is 18.2 Å². The second-order valence-corrected chi connectivity index (χ2v) is 8.72. The number of rotatable bonds is 4. The fourth-order valence-corrected chi connectivity index (χ4v) is 4.63. The number of phenolic OH excluding ortho intramolecular Hbond substituents is 1. The molecule has 1 fully saturated rings. The molecule has 4 nitrogen and oxygen atoms in total. The molecule has 0 aliphatic heterocycles. The maximum atomic E-state index is 14.0. The average molecular weight is 427 g/mol. The zero-order chi connectivity index (χ0) is 21.4. The molecule has 157 valence electrons. The van der Waals surface area contributed by atoms with Gasteiger partial charge in [0.05, 0.1) is 16.2 Å². The molecule has 30 heavy (non-hydrogen) atoms. The number of hydrogen-bond donors (Lipinski definition) is 1. The van der Waals surface area contributed by atoms with Crippen molar-refractivity contribution in [3.63, 3.8) is 0 Å². The van der Waals surface area contributed by atoms with Crippen LogP contribution in [0.25, 0.3) is 22.0 Å². The summed E-state index contributed by atoms with van der Waals surface area (Å²) in [5.74, 6) is -1.25. The molecular formula is C24H26ClFN3O. The second-order valence-electron chi connectivity index (χ2n) is 8.31. The zero-order valence-corrected chi connectivity index (χ0v) is 18.2.